The van der Waals surface area contributed by atoms with Crippen molar-refractivity contribution in [2.75, 3.05) is 25.5 Å². The monoisotopic (exact) mass is 282 g/mol. The van der Waals surface area contributed by atoms with Crippen LogP contribution in [0.1, 0.15) is 31.7 Å². The molecule has 19 heavy (non-hydrogen) atoms. The summed E-state index contributed by atoms with van der Waals surface area (Å²) in [7, 11) is 1.86. The van der Waals surface area contributed by atoms with Crippen LogP contribution in [0.4, 0.5) is 5.69 Å². The Balaban J connectivity index is 2.33. The number of nitrogens with zero attached hydrogens (tertiary/aromatic N) is 1. The van der Waals surface area contributed by atoms with Crippen LogP contribution in [0.15, 0.2) is 18.2 Å². The lowest BCUT2D eigenvalue weighted by Gasteiger charge is -2.17. The number of carbonyl (C=O) groups excluding carboxylic acids is 1. The Morgan fingerprint density at radius 2 is 2.16 bits per heavy atom. The highest BCUT2D eigenvalue weighted by molar-refractivity contribution is 6.31. The molecule has 0 radical (unpaired) electrons. The maximum atomic E-state index is 11.8. The number of anilines is 1. The zero-order valence-corrected chi connectivity index (χ0v) is 12.8. The summed E-state index contributed by atoms with van der Waals surface area (Å²) in [5.74, 6) is 0.180. The summed E-state index contributed by atoms with van der Waals surface area (Å²) in [5.41, 5.74) is 2.02. The fourth-order valence-corrected chi connectivity index (χ4v) is 1.91. The molecule has 0 aliphatic rings. The quantitative estimate of drug-likeness (QED) is 0.827. The van der Waals surface area contributed by atoms with Crippen LogP contribution >= 0.6 is 11.6 Å². The van der Waals surface area contributed by atoms with Crippen molar-refractivity contribution in [3.05, 3.63) is 28.8 Å². The van der Waals surface area contributed by atoms with Crippen molar-refractivity contribution >= 4 is 23.2 Å². The second-order valence-corrected chi connectivity index (χ2v) is 5.22. The third-order valence-electron chi connectivity index (χ3n) is 3.11. The molecule has 3 nitrogen and oxygen atoms in total. The molecule has 1 aromatic rings. The minimum atomic E-state index is 0.180. The van der Waals surface area contributed by atoms with Crippen LogP contribution in [-0.2, 0) is 4.79 Å². The predicted octanol–water partition coefficient (Wildman–Crippen LogP) is 3.71. The Morgan fingerprint density at radius 3 is 2.79 bits per heavy atom. The third kappa shape index (κ3) is 5.52. The van der Waals surface area contributed by atoms with Gasteiger partial charge in [0, 0.05) is 37.3 Å². The van der Waals surface area contributed by atoms with Crippen LogP contribution in [0.5, 0.6) is 0 Å². The number of carbonyl (C=O) groups is 1. The van der Waals surface area contributed by atoms with E-state index in [-0.39, 0.29) is 5.91 Å². The number of nitrogens with one attached hydrogen (secondary N) is 1. The van der Waals surface area contributed by atoms with Crippen molar-refractivity contribution in [1.29, 1.82) is 0 Å². The molecular formula is C15H23ClN2O. The molecular weight excluding hydrogens is 260 g/mol. The van der Waals surface area contributed by atoms with Gasteiger partial charge in [0.05, 0.1) is 0 Å². The molecule has 0 fully saturated rings. The van der Waals surface area contributed by atoms with E-state index in [2.05, 4.69) is 12.2 Å². The highest BCUT2D eigenvalue weighted by Gasteiger charge is 2.07. The molecule has 1 aromatic carbocycles. The lowest BCUT2D eigenvalue weighted by Crippen LogP contribution is -2.29. The maximum absolute atomic E-state index is 11.8. The van der Waals surface area contributed by atoms with Crippen molar-refractivity contribution in [2.45, 2.75) is 33.1 Å². The molecule has 0 aliphatic heterocycles. The zero-order chi connectivity index (χ0) is 14.3. The number of aryl methyl sites for hydroxylation is 1. The smallest absolute Gasteiger partial charge is 0.224 e. The number of unbranched alkanes of at least 4 members (excludes halogenated alkanes) is 1. The van der Waals surface area contributed by atoms with E-state index in [4.69, 9.17) is 11.6 Å². The van der Waals surface area contributed by atoms with E-state index in [0.29, 0.717) is 13.0 Å². The highest BCUT2D eigenvalue weighted by Crippen LogP contribution is 2.19. The molecule has 4 heteroatoms. The molecule has 1 rings (SSSR count). The van der Waals surface area contributed by atoms with E-state index in [1.807, 2.05) is 32.2 Å². The number of amides is 1. The molecule has 1 N–H and O–H groups in total. The molecule has 0 spiro atoms. The molecule has 0 saturated carbocycles. The molecule has 0 aromatic heterocycles. The second-order valence-electron chi connectivity index (χ2n) is 4.81. The van der Waals surface area contributed by atoms with Gasteiger partial charge in [-0.2, -0.15) is 0 Å². The Labute approximate surface area is 120 Å². The van der Waals surface area contributed by atoms with Crippen molar-refractivity contribution in [1.82, 2.24) is 4.90 Å². The Hall–Kier alpha value is -1.22. The first-order valence-electron chi connectivity index (χ1n) is 6.78. The number of halogens is 1. The van der Waals surface area contributed by atoms with E-state index in [1.54, 1.807) is 4.90 Å². The van der Waals surface area contributed by atoms with Crippen LogP contribution in [-0.4, -0.2) is 30.9 Å². The average Bonchev–Trinajstić information content (AvgIpc) is 2.39. The summed E-state index contributed by atoms with van der Waals surface area (Å²) in [6.45, 7) is 5.57. The molecule has 1 amide bonds. The highest BCUT2D eigenvalue weighted by atomic mass is 35.5. The van der Waals surface area contributed by atoms with Crippen molar-refractivity contribution < 1.29 is 4.79 Å². The second kappa shape index (κ2) is 8.05. The number of hydrogen-bond donors (Lipinski definition) is 1. The summed E-state index contributed by atoms with van der Waals surface area (Å²) in [5, 5.41) is 3.97. The molecule has 0 aliphatic carbocycles. The van der Waals surface area contributed by atoms with Crippen molar-refractivity contribution in [3.63, 3.8) is 0 Å². The summed E-state index contributed by atoms with van der Waals surface area (Å²) in [6, 6.07) is 5.84. The van der Waals surface area contributed by atoms with Gasteiger partial charge in [0.1, 0.15) is 0 Å². The SMILES string of the molecule is CCCCN(C)C(=O)CCNc1ccc(C)c(Cl)c1. The van der Waals surface area contributed by atoms with Gasteiger partial charge in [-0.1, -0.05) is 31.0 Å². The zero-order valence-electron chi connectivity index (χ0n) is 12.0. The Kier molecular flexibility index (Phi) is 6.71. The summed E-state index contributed by atoms with van der Waals surface area (Å²) in [4.78, 5) is 13.6. The van der Waals surface area contributed by atoms with Gasteiger partial charge in [0.2, 0.25) is 5.91 Å². The fraction of sp³-hybridized carbons (Fsp3) is 0.533. The average molecular weight is 283 g/mol. The van der Waals surface area contributed by atoms with Crippen LogP contribution in [0, 0.1) is 6.92 Å². The summed E-state index contributed by atoms with van der Waals surface area (Å²) in [6.07, 6.45) is 2.67. The van der Waals surface area contributed by atoms with E-state index in [9.17, 15) is 4.79 Å². The van der Waals surface area contributed by atoms with E-state index in [1.165, 1.54) is 0 Å². The standard InChI is InChI=1S/C15H23ClN2O/c1-4-5-10-18(3)15(19)8-9-17-13-7-6-12(2)14(16)11-13/h6-7,11,17H,4-5,8-10H2,1-3H3. The first-order valence-corrected chi connectivity index (χ1v) is 7.16. The largest absolute Gasteiger partial charge is 0.384 e. The Bertz CT molecular complexity index is 421. The number of rotatable bonds is 7. The van der Waals surface area contributed by atoms with Gasteiger partial charge in [-0.3, -0.25) is 4.79 Å². The van der Waals surface area contributed by atoms with Crippen molar-refractivity contribution in [3.8, 4) is 0 Å². The number of benzene rings is 1. The summed E-state index contributed by atoms with van der Waals surface area (Å²) < 4.78 is 0. The third-order valence-corrected chi connectivity index (χ3v) is 3.52. The van der Waals surface area contributed by atoms with Crippen LogP contribution in [0.25, 0.3) is 0 Å². The fourth-order valence-electron chi connectivity index (χ4n) is 1.73. The van der Waals surface area contributed by atoms with Gasteiger partial charge in [0.15, 0.2) is 0 Å². The van der Waals surface area contributed by atoms with Gasteiger partial charge in [0.25, 0.3) is 0 Å². The molecule has 106 valence electrons. The molecule has 0 bridgehead atoms. The van der Waals surface area contributed by atoms with Gasteiger partial charge >= 0.3 is 0 Å². The predicted molar refractivity (Wildman–Crippen MR) is 81.8 cm³/mol. The van der Waals surface area contributed by atoms with E-state index < -0.39 is 0 Å². The Morgan fingerprint density at radius 1 is 1.42 bits per heavy atom. The van der Waals surface area contributed by atoms with Gasteiger partial charge < -0.3 is 10.2 Å². The first kappa shape index (κ1) is 15.8. The summed E-state index contributed by atoms with van der Waals surface area (Å²) >= 11 is 6.05. The van der Waals surface area contributed by atoms with Gasteiger partial charge in [-0.05, 0) is 31.0 Å². The van der Waals surface area contributed by atoms with Gasteiger partial charge in [-0.15, -0.1) is 0 Å². The molecule has 0 heterocycles. The van der Waals surface area contributed by atoms with Crippen LogP contribution in [0.3, 0.4) is 0 Å². The number of hydrogen-bond acceptors (Lipinski definition) is 2. The van der Waals surface area contributed by atoms with E-state index in [0.717, 1.165) is 35.7 Å². The minimum absolute atomic E-state index is 0.180. The maximum Gasteiger partial charge on any atom is 0.224 e. The van der Waals surface area contributed by atoms with Crippen LogP contribution in [0.2, 0.25) is 5.02 Å². The normalized spacial score (nSPS) is 10.3. The molecule has 0 atom stereocenters. The lowest BCUT2D eigenvalue weighted by atomic mass is 10.2. The molecule has 0 unspecified atom stereocenters. The topological polar surface area (TPSA) is 32.3 Å². The minimum Gasteiger partial charge on any atom is -0.384 e. The first-order chi connectivity index (χ1) is 9.04. The van der Waals surface area contributed by atoms with Crippen LogP contribution < -0.4 is 5.32 Å². The van der Waals surface area contributed by atoms with Crippen molar-refractivity contribution in [2.24, 2.45) is 0 Å². The van der Waals surface area contributed by atoms with E-state index >= 15 is 0 Å². The lowest BCUT2D eigenvalue weighted by molar-refractivity contribution is -0.129. The van der Waals surface area contributed by atoms with Gasteiger partial charge in [-0.25, -0.2) is 0 Å². The molecule has 0 saturated heterocycles.